The van der Waals surface area contributed by atoms with Gasteiger partial charge in [-0.25, -0.2) is 0 Å². The van der Waals surface area contributed by atoms with Crippen molar-refractivity contribution in [1.29, 1.82) is 0 Å². The van der Waals surface area contributed by atoms with Gasteiger partial charge in [-0.1, -0.05) is 17.7 Å². The lowest BCUT2D eigenvalue weighted by Gasteiger charge is -2.07. The van der Waals surface area contributed by atoms with Crippen LogP contribution in [0.4, 0.5) is 0 Å². The molecule has 0 aliphatic carbocycles. The van der Waals surface area contributed by atoms with Gasteiger partial charge in [0.1, 0.15) is 6.04 Å². The highest BCUT2D eigenvalue weighted by atomic mass is 79.9. The molecule has 1 aromatic carbocycles. The second kappa shape index (κ2) is 4.09. The van der Waals surface area contributed by atoms with Gasteiger partial charge in [0.2, 0.25) is 0 Å². The predicted octanol–water partition coefficient (Wildman–Crippen LogP) is 2.19. The van der Waals surface area contributed by atoms with E-state index >= 15 is 0 Å². The fourth-order valence-electron chi connectivity index (χ4n) is 0.848. The summed E-state index contributed by atoms with van der Waals surface area (Å²) in [5.41, 5.74) is 5.91. The molecule has 0 saturated heterocycles. The zero-order valence-corrected chi connectivity index (χ0v) is 8.84. The number of carboxylic acids is 1. The molecule has 3 nitrogen and oxygen atoms in total. The summed E-state index contributed by atoms with van der Waals surface area (Å²) < 4.78 is 0.642. The Morgan fingerprint density at radius 3 is 2.69 bits per heavy atom. The molecular weight excluding hydrogens is 257 g/mol. The first-order valence-corrected chi connectivity index (χ1v) is 4.63. The number of hydrogen-bond acceptors (Lipinski definition) is 2. The monoisotopic (exact) mass is 263 g/mol. The molecule has 0 aliphatic heterocycles. The third-order valence-corrected chi connectivity index (χ3v) is 2.78. The van der Waals surface area contributed by atoms with E-state index in [1.54, 1.807) is 18.2 Å². The maximum absolute atomic E-state index is 10.5. The second-order valence-electron chi connectivity index (χ2n) is 2.49. The van der Waals surface area contributed by atoms with Gasteiger partial charge in [-0.05, 0) is 33.6 Å². The minimum atomic E-state index is -1.06. The standard InChI is InChI=1S/C8H7BrClNO2/c9-5-3-4(1-2-6(5)10)7(11)8(12)13/h1-3,7H,11H2,(H,12,13)/t7-/m0/s1. The van der Waals surface area contributed by atoms with Gasteiger partial charge in [0, 0.05) is 4.47 Å². The number of carbonyl (C=O) groups is 1. The molecule has 0 aliphatic rings. The summed E-state index contributed by atoms with van der Waals surface area (Å²) in [7, 11) is 0. The van der Waals surface area contributed by atoms with Gasteiger partial charge < -0.3 is 10.8 Å². The van der Waals surface area contributed by atoms with E-state index in [1.807, 2.05) is 0 Å². The molecule has 0 aromatic heterocycles. The quantitative estimate of drug-likeness (QED) is 0.860. The lowest BCUT2D eigenvalue weighted by Crippen LogP contribution is -2.20. The molecule has 1 aromatic rings. The number of rotatable bonds is 2. The van der Waals surface area contributed by atoms with Crippen molar-refractivity contribution in [1.82, 2.24) is 0 Å². The molecule has 0 heterocycles. The average Bonchev–Trinajstić information content (AvgIpc) is 2.08. The lowest BCUT2D eigenvalue weighted by molar-refractivity contribution is -0.138. The predicted molar refractivity (Wildman–Crippen MR) is 53.7 cm³/mol. The van der Waals surface area contributed by atoms with E-state index < -0.39 is 12.0 Å². The fraction of sp³-hybridized carbons (Fsp3) is 0.125. The van der Waals surface area contributed by atoms with Crippen LogP contribution in [0.3, 0.4) is 0 Å². The topological polar surface area (TPSA) is 63.3 Å². The van der Waals surface area contributed by atoms with Gasteiger partial charge in [-0.15, -0.1) is 0 Å². The van der Waals surface area contributed by atoms with Crippen LogP contribution < -0.4 is 5.73 Å². The molecule has 5 heteroatoms. The van der Waals surface area contributed by atoms with E-state index in [-0.39, 0.29) is 0 Å². The zero-order chi connectivity index (χ0) is 10.0. The molecule has 0 spiro atoms. The first kappa shape index (κ1) is 10.5. The van der Waals surface area contributed by atoms with Gasteiger partial charge in [-0.3, -0.25) is 4.79 Å². The average molecular weight is 265 g/mol. The molecule has 3 N–H and O–H groups in total. The molecule has 0 saturated carbocycles. The van der Waals surface area contributed by atoms with E-state index in [0.717, 1.165) is 0 Å². The number of hydrogen-bond donors (Lipinski definition) is 2. The van der Waals surface area contributed by atoms with E-state index in [2.05, 4.69) is 15.9 Å². The van der Waals surface area contributed by atoms with E-state index in [0.29, 0.717) is 15.1 Å². The molecular formula is C8H7BrClNO2. The smallest absolute Gasteiger partial charge is 0.325 e. The fourth-order valence-corrected chi connectivity index (χ4v) is 1.36. The van der Waals surface area contributed by atoms with Crippen LogP contribution in [0, 0.1) is 0 Å². The van der Waals surface area contributed by atoms with Gasteiger partial charge in [0.15, 0.2) is 0 Å². The Labute approximate surface area is 88.6 Å². The minimum absolute atomic E-state index is 0.517. The van der Waals surface area contributed by atoms with Crippen LogP contribution >= 0.6 is 27.5 Å². The molecule has 13 heavy (non-hydrogen) atoms. The van der Waals surface area contributed by atoms with Crippen molar-refractivity contribution in [3.8, 4) is 0 Å². The number of nitrogens with two attached hydrogens (primary N) is 1. The summed E-state index contributed by atoms with van der Waals surface area (Å²) in [6.45, 7) is 0. The Morgan fingerprint density at radius 1 is 1.62 bits per heavy atom. The minimum Gasteiger partial charge on any atom is -0.480 e. The van der Waals surface area contributed by atoms with Crippen LogP contribution in [0.15, 0.2) is 22.7 Å². The zero-order valence-electron chi connectivity index (χ0n) is 6.50. The molecule has 1 atom stereocenters. The summed E-state index contributed by atoms with van der Waals surface area (Å²) >= 11 is 8.91. The van der Waals surface area contributed by atoms with E-state index in [1.165, 1.54) is 0 Å². The molecule has 0 unspecified atom stereocenters. The summed E-state index contributed by atoms with van der Waals surface area (Å²) in [6, 6.07) is 3.78. The third-order valence-electron chi connectivity index (χ3n) is 1.57. The molecule has 0 fully saturated rings. The Kier molecular flexibility index (Phi) is 3.30. The van der Waals surface area contributed by atoms with Crippen molar-refractivity contribution in [2.45, 2.75) is 6.04 Å². The molecule has 0 bridgehead atoms. The Balaban J connectivity index is 3.03. The lowest BCUT2D eigenvalue weighted by atomic mass is 10.1. The van der Waals surface area contributed by atoms with Gasteiger partial charge in [0.05, 0.1) is 5.02 Å². The van der Waals surface area contributed by atoms with Crippen molar-refractivity contribution in [3.63, 3.8) is 0 Å². The summed E-state index contributed by atoms with van der Waals surface area (Å²) in [5.74, 6) is -1.06. The van der Waals surface area contributed by atoms with Crippen LogP contribution in [0.1, 0.15) is 11.6 Å². The van der Waals surface area contributed by atoms with E-state index in [9.17, 15) is 4.79 Å². The maximum Gasteiger partial charge on any atom is 0.325 e. The van der Waals surface area contributed by atoms with Crippen molar-refractivity contribution >= 4 is 33.5 Å². The number of aliphatic carboxylic acids is 1. The van der Waals surface area contributed by atoms with Gasteiger partial charge in [-0.2, -0.15) is 0 Å². The molecule has 1 rings (SSSR count). The SMILES string of the molecule is N[C@H](C(=O)O)c1ccc(Cl)c(Br)c1. The Hall–Kier alpha value is -0.580. The van der Waals surface area contributed by atoms with Crippen molar-refractivity contribution in [3.05, 3.63) is 33.3 Å². The van der Waals surface area contributed by atoms with Crippen molar-refractivity contribution < 1.29 is 9.90 Å². The van der Waals surface area contributed by atoms with Gasteiger partial charge in [0.25, 0.3) is 0 Å². The van der Waals surface area contributed by atoms with Crippen LogP contribution in [-0.4, -0.2) is 11.1 Å². The summed E-state index contributed by atoms with van der Waals surface area (Å²) in [6.07, 6.45) is 0. The molecule has 0 radical (unpaired) electrons. The van der Waals surface area contributed by atoms with E-state index in [4.69, 9.17) is 22.4 Å². The largest absolute Gasteiger partial charge is 0.480 e. The number of halogens is 2. The van der Waals surface area contributed by atoms with Crippen LogP contribution in [0.2, 0.25) is 5.02 Å². The Morgan fingerprint density at radius 2 is 2.23 bits per heavy atom. The summed E-state index contributed by atoms with van der Waals surface area (Å²) in [5, 5.41) is 9.15. The van der Waals surface area contributed by atoms with Crippen molar-refractivity contribution in [2.24, 2.45) is 5.73 Å². The van der Waals surface area contributed by atoms with Crippen LogP contribution in [-0.2, 0) is 4.79 Å². The molecule has 70 valence electrons. The molecule has 0 amide bonds. The van der Waals surface area contributed by atoms with Crippen LogP contribution in [0.5, 0.6) is 0 Å². The highest BCUT2D eigenvalue weighted by molar-refractivity contribution is 9.10. The number of benzene rings is 1. The second-order valence-corrected chi connectivity index (χ2v) is 3.75. The summed E-state index contributed by atoms with van der Waals surface area (Å²) in [4.78, 5) is 10.5. The third kappa shape index (κ3) is 2.43. The van der Waals surface area contributed by atoms with Gasteiger partial charge >= 0.3 is 5.97 Å². The first-order valence-electron chi connectivity index (χ1n) is 3.45. The van der Waals surface area contributed by atoms with Crippen molar-refractivity contribution in [2.75, 3.05) is 0 Å². The van der Waals surface area contributed by atoms with Crippen LogP contribution in [0.25, 0.3) is 0 Å². The normalized spacial score (nSPS) is 12.5. The highest BCUT2D eigenvalue weighted by Gasteiger charge is 2.14. The Bertz CT molecular complexity index is 343. The highest BCUT2D eigenvalue weighted by Crippen LogP contribution is 2.25. The first-order chi connectivity index (χ1) is 6.02. The number of carboxylic acid groups (broad SMARTS) is 1. The maximum atomic E-state index is 10.5.